The summed E-state index contributed by atoms with van der Waals surface area (Å²) in [6.07, 6.45) is 0. The van der Waals surface area contributed by atoms with E-state index < -0.39 is 19.7 Å². The van der Waals surface area contributed by atoms with Crippen molar-refractivity contribution in [3.63, 3.8) is 0 Å². The Kier molecular flexibility index (Phi) is 11.2. The van der Waals surface area contributed by atoms with E-state index in [0.717, 1.165) is 11.1 Å². The number of benzene rings is 6. The first kappa shape index (κ1) is 37.1. The Balaban J connectivity index is 1.18. The number of hydrogen-bond acceptors (Lipinski definition) is 6. The second kappa shape index (κ2) is 15.1. The van der Waals surface area contributed by atoms with Gasteiger partial charge in [-0.15, -0.1) is 0 Å². The van der Waals surface area contributed by atoms with Crippen LogP contribution < -0.4 is 9.47 Å². The van der Waals surface area contributed by atoms with Gasteiger partial charge in [-0.1, -0.05) is 23.2 Å². The molecule has 0 N–H and O–H groups in total. The Morgan fingerprint density at radius 3 is 0.900 bits per heavy atom. The largest absolute Gasteiger partial charge is 0.455 e. The minimum atomic E-state index is -3.72. The van der Waals surface area contributed by atoms with Gasteiger partial charge in [0.2, 0.25) is 19.7 Å². The van der Waals surface area contributed by atoms with E-state index in [1.165, 1.54) is 72.8 Å². The third-order valence-electron chi connectivity index (χ3n) is 7.29. The standard InChI is InChI=1S/C36H20Br4Cl2O6S2/c37-31-17-21(18-32(38)35(31)47-25-5-13-29(14-6-25)49(43,44)27-9-1-23(41)2-10-27)22-19-33(39)36(34(40)20-22)48-26-7-15-30(16-8-26)50(45,46)28-11-3-24(42)4-12-28/h1-20H. The average Bonchev–Trinajstić information content (AvgIpc) is 3.08. The van der Waals surface area contributed by atoms with Gasteiger partial charge in [-0.3, -0.25) is 0 Å². The zero-order valence-electron chi connectivity index (χ0n) is 25.1. The Morgan fingerprint density at radius 1 is 0.400 bits per heavy atom. The summed E-state index contributed by atoms with van der Waals surface area (Å²) in [7, 11) is -7.44. The van der Waals surface area contributed by atoms with E-state index in [9.17, 15) is 16.8 Å². The number of halogens is 6. The minimum absolute atomic E-state index is 0.128. The zero-order valence-corrected chi connectivity index (χ0v) is 34.6. The van der Waals surface area contributed by atoms with Crippen molar-refractivity contribution in [1.82, 2.24) is 0 Å². The van der Waals surface area contributed by atoms with E-state index in [2.05, 4.69) is 63.7 Å². The number of sulfone groups is 2. The summed E-state index contributed by atoms with van der Waals surface area (Å²) >= 11 is 26.3. The molecule has 0 atom stereocenters. The Morgan fingerprint density at radius 2 is 0.640 bits per heavy atom. The van der Waals surface area contributed by atoms with E-state index >= 15 is 0 Å². The average molecular weight is 1000 g/mol. The molecule has 0 unspecified atom stereocenters. The smallest absolute Gasteiger partial charge is 0.206 e. The predicted molar refractivity (Wildman–Crippen MR) is 210 cm³/mol. The van der Waals surface area contributed by atoms with Crippen molar-refractivity contribution < 1.29 is 26.3 Å². The summed E-state index contributed by atoms with van der Waals surface area (Å²) in [5, 5.41) is 0.903. The van der Waals surface area contributed by atoms with Crippen LogP contribution in [0.4, 0.5) is 0 Å². The maximum atomic E-state index is 13.0. The molecule has 0 spiro atoms. The lowest BCUT2D eigenvalue weighted by atomic mass is 10.1. The second-order valence-electron chi connectivity index (χ2n) is 10.6. The van der Waals surface area contributed by atoms with Crippen molar-refractivity contribution in [3.8, 4) is 34.1 Å². The minimum Gasteiger partial charge on any atom is -0.455 e. The fourth-order valence-corrected chi connectivity index (χ4v) is 10.2. The van der Waals surface area contributed by atoms with Crippen molar-refractivity contribution in [3.05, 3.63) is 149 Å². The van der Waals surface area contributed by atoms with Gasteiger partial charge in [-0.05, 0) is 196 Å². The first-order valence-corrected chi connectivity index (χ1v) is 21.2. The molecule has 0 bridgehead atoms. The highest BCUT2D eigenvalue weighted by molar-refractivity contribution is 9.11. The fourth-order valence-electron chi connectivity index (χ4n) is 4.76. The molecular formula is C36H20Br4Cl2O6S2. The van der Waals surface area contributed by atoms with Gasteiger partial charge in [0.05, 0.1) is 37.5 Å². The maximum Gasteiger partial charge on any atom is 0.206 e. The molecule has 14 heteroatoms. The molecule has 6 aromatic carbocycles. The van der Waals surface area contributed by atoms with E-state index in [1.807, 2.05) is 24.3 Å². The molecule has 0 fully saturated rings. The van der Waals surface area contributed by atoms with Gasteiger partial charge in [0.25, 0.3) is 0 Å². The summed E-state index contributed by atoms with van der Waals surface area (Å²) in [6.45, 7) is 0. The van der Waals surface area contributed by atoms with Crippen LogP contribution in [0.1, 0.15) is 0 Å². The number of rotatable bonds is 9. The summed E-state index contributed by atoms with van der Waals surface area (Å²) in [5.41, 5.74) is 1.70. The highest BCUT2D eigenvalue weighted by Crippen LogP contribution is 2.44. The lowest BCUT2D eigenvalue weighted by Crippen LogP contribution is -2.01. The van der Waals surface area contributed by atoms with E-state index in [-0.39, 0.29) is 19.6 Å². The fraction of sp³-hybridized carbons (Fsp3) is 0. The van der Waals surface area contributed by atoms with Crippen molar-refractivity contribution >= 4 is 107 Å². The van der Waals surface area contributed by atoms with Crippen LogP contribution in [-0.4, -0.2) is 16.8 Å². The number of hydrogen-bond donors (Lipinski definition) is 0. The summed E-state index contributed by atoms with van der Waals surface area (Å²) < 4.78 is 66.9. The molecule has 0 amide bonds. The van der Waals surface area contributed by atoms with Crippen molar-refractivity contribution in [1.29, 1.82) is 0 Å². The summed E-state index contributed by atoms with van der Waals surface area (Å²) in [6, 6.07) is 31.9. The molecule has 50 heavy (non-hydrogen) atoms. The molecular weight excluding hydrogens is 983 g/mol. The third kappa shape index (κ3) is 8.03. The first-order valence-electron chi connectivity index (χ1n) is 14.3. The zero-order chi connectivity index (χ0) is 35.8. The quantitative estimate of drug-likeness (QED) is 0.143. The summed E-state index contributed by atoms with van der Waals surface area (Å²) in [4.78, 5) is 0.547. The lowest BCUT2D eigenvalue weighted by molar-refractivity contribution is 0.475. The molecule has 0 heterocycles. The van der Waals surface area contributed by atoms with E-state index in [4.69, 9.17) is 32.7 Å². The molecule has 0 saturated carbocycles. The lowest BCUT2D eigenvalue weighted by Gasteiger charge is -2.15. The topological polar surface area (TPSA) is 86.7 Å². The van der Waals surface area contributed by atoms with Crippen LogP contribution in [0.25, 0.3) is 11.1 Å². The molecule has 0 saturated heterocycles. The molecule has 6 nitrogen and oxygen atoms in total. The first-order chi connectivity index (χ1) is 23.7. The van der Waals surface area contributed by atoms with Crippen LogP contribution in [0.2, 0.25) is 10.0 Å². The van der Waals surface area contributed by atoms with Gasteiger partial charge in [0.1, 0.15) is 11.5 Å². The monoisotopic (exact) mass is 998 g/mol. The van der Waals surface area contributed by atoms with Gasteiger partial charge in [0.15, 0.2) is 11.5 Å². The normalized spacial score (nSPS) is 11.7. The molecule has 0 aromatic heterocycles. The van der Waals surface area contributed by atoms with Gasteiger partial charge in [-0.2, -0.15) is 0 Å². The highest BCUT2D eigenvalue weighted by Gasteiger charge is 2.20. The van der Waals surface area contributed by atoms with Crippen LogP contribution in [0.5, 0.6) is 23.0 Å². The molecule has 0 aliphatic heterocycles. The van der Waals surface area contributed by atoms with E-state index in [1.54, 1.807) is 24.3 Å². The van der Waals surface area contributed by atoms with E-state index in [0.29, 0.717) is 50.9 Å². The molecule has 0 aliphatic rings. The van der Waals surface area contributed by atoms with Crippen molar-refractivity contribution in [2.45, 2.75) is 19.6 Å². The van der Waals surface area contributed by atoms with Gasteiger partial charge in [-0.25, -0.2) is 16.8 Å². The molecule has 6 rings (SSSR count). The SMILES string of the molecule is O=S(=O)(c1ccc(Cl)cc1)c1ccc(Oc2c(Br)cc(-c3cc(Br)c(Oc4ccc(S(=O)(=O)c5ccc(Cl)cc5)cc4)c(Br)c3)cc2Br)cc1. The van der Waals surface area contributed by atoms with Gasteiger partial charge in [0, 0.05) is 10.0 Å². The highest BCUT2D eigenvalue weighted by atomic mass is 79.9. The van der Waals surface area contributed by atoms with Crippen LogP contribution in [0, 0.1) is 0 Å². The van der Waals surface area contributed by atoms with Gasteiger partial charge >= 0.3 is 0 Å². The van der Waals surface area contributed by atoms with Crippen LogP contribution in [0.15, 0.2) is 159 Å². The van der Waals surface area contributed by atoms with Crippen LogP contribution in [0.3, 0.4) is 0 Å². The Hall–Kier alpha value is -2.68. The third-order valence-corrected chi connectivity index (χ3v) is 13.7. The predicted octanol–water partition coefficient (Wildman–Crippen LogP) is 13.0. The van der Waals surface area contributed by atoms with Crippen molar-refractivity contribution in [2.24, 2.45) is 0 Å². The second-order valence-corrected chi connectivity index (χ2v) is 18.8. The molecule has 254 valence electrons. The van der Waals surface area contributed by atoms with Crippen LogP contribution in [-0.2, 0) is 19.7 Å². The Bertz CT molecular complexity index is 2220. The summed E-state index contributed by atoms with van der Waals surface area (Å²) in [5.74, 6) is 1.89. The molecule has 0 radical (unpaired) electrons. The maximum absolute atomic E-state index is 13.0. The number of ether oxygens (including phenoxy) is 2. The van der Waals surface area contributed by atoms with Crippen molar-refractivity contribution in [2.75, 3.05) is 0 Å². The Labute approximate surface area is 332 Å². The molecule has 6 aromatic rings. The van der Waals surface area contributed by atoms with Crippen LogP contribution >= 0.6 is 86.9 Å². The molecule has 0 aliphatic carbocycles. The van der Waals surface area contributed by atoms with Gasteiger partial charge < -0.3 is 9.47 Å².